The number of ether oxygens (including phenoxy) is 2. The maximum Gasteiger partial charge on any atom is 0.346 e. The Hall–Kier alpha value is -1.44. The van der Waals surface area contributed by atoms with Crippen LogP contribution < -0.4 is 0 Å². The Morgan fingerprint density at radius 2 is 1.67 bits per heavy atom. The molecule has 4 nitrogen and oxygen atoms in total. The van der Waals surface area contributed by atoms with Gasteiger partial charge in [-0.15, -0.1) is 0 Å². The molecule has 0 saturated heterocycles. The van der Waals surface area contributed by atoms with Crippen molar-refractivity contribution in [1.82, 2.24) is 0 Å². The molecule has 2 aliphatic rings. The van der Waals surface area contributed by atoms with Gasteiger partial charge in [-0.1, -0.05) is 49.7 Å². The Morgan fingerprint density at radius 3 is 2.33 bits per heavy atom. The summed E-state index contributed by atoms with van der Waals surface area (Å²) in [6, 6.07) is 10.0. The molecule has 0 bridgehead atoms. The van der Waals surface area contributed by atoms with Crippen molar-refractivity contribution in [2.45, 2.75) is 13.8 Å². The molecule has 2 heterocycles. The van der Waals surface area contributed by atoms with Crippen molar-refractivity contribution < 1.29 is 19.1 Å². The summed E-state index contributed by atoms with van der Waals surface area (Å²) in [7, 11) is 2.74. The van der Waals surface area contributed by atoms with Crippen molar-refractivity contribution in [2.75, 3.05) is 13.2 Å². The largest absolute Gasteiger partial charge is 0.462 e. The fourth-order valence-electron chi connectivity index (χ4n) is 2.23. The lowest BCUT2D eigenvalue weighted by atomic mass is 10.1. The Bertz CT molecular complexity index is 778. The number of rotatable bonds is 5. The monoisotopic (exact) mass is 380 g/mol. The van der Waals surface area contributed by atoms with Crippen molar-refractivity contribution >= 4 is 51.8 Å². The lowest BCUT2D eigenvalue weighted by Crippen LogP contribution is -2.17. The molecule has 3 rings (SSSR count). The SMILES string of the molecule is CCOC(=O)C1=C(C(=O)OCC)C2=S(SC(c3ccccc3)=C2)S1. The van der Waals surface area contributed by atoms with E-state index in [0.29, 0.717) is 10.5 Å². The predicted molar refractivity (Wildman–Crippen MR) is 102 cm³/mol. The number of carbonyl (C=O) groups is 2. The van der Waals surface area contributed by atoms with Crippen molar-refractivity contribution in [3.8, 4) is 0 Å². The van der Waals surface area contributed by atoms with E-state index in [0.717, 1.165) is 15.3 Å². The molecule has 0 amide bonds. The van der Waals surface area contributed by atoms with Crippen LogP contribution in [-0.4, -0.2) is 30.0 Å². The Balaban J connectivity index is 1.96. The number of allylic oxidation sites excluding steroid dienone is 1. The fraction of sp³-hybridized carbons (Fsp3) is 0.235. The van der Waals surface area contributed by atoms with E-state index in [1.807, 2.05) is 36.4 Å². The highest BCUT2D eigenvalue weighted by molar-refractivity contribution is 9.18. The minimum Gasteiger partial charge on any atom is -0.462 e. The number of hydrogen-bond acceptors (Lipinski definition) is 6. The number of esters is 2. The molecule has 0 aromatic heterocycles. The highest BCUT2D eigenvalue weighted by Gasteiger charge is 2.37. The third kappa shape index (κ3) is 3.34. The lowest BCUT2D eigenvalue weighted by molar-refractivity contribution is -0.140. The third-order valence-corrected chi connectivity index (χ3v) is 9.54. The standard InChI is InChI=1S/C17H16O4S3/c1-3-20-16(18)14-13-10-12(11-8-6-5-7-9-11)22-24(13)23-15(14)17(19)21-4-2/h5-10H,3-4H2,1-2H3. The first kappa shape index (κ1) is 17.4. The smallest absolute Gasteiger partial charge is 0.346 e. The van der Waals surface area contributed by atoms with Crippen LogP contribution in [0.3, 0.4) is 0 Å². The molecule has 2 aliphatic heterocycles. The average molecular weight is 381 g/mol. The Labute approximate surface area is 150 Å². The summed E-state index contributed by atoms with van der Waals surface area (Å²) < 4.78 is 10.3. The van der Waals surface area contributed by atoms with Crippen molar-refractivity contribution in [3.05, 3.63) is 52.4 Å². The number of benzene rings is 1. The first-order chi connectivity index (χ1) is 11.7. The van der Waals surface area contributed by atoms with Crippen LogP contribution in [0.5, 0.6) is 0 Å². The highest BCUT2D eigenvalue weighted by Crippen LogP contribution is 2.63. The summed E-state index contributed by atoms with van der Waals surface area (Å²) in [4.78, 5) is 26.9. The van der Waals surface area contributed by atoms with Crippen LogP contribution in [0.15, 0.2) is 46.9 Å². The van der Waals surface area contributed by atoms with Gasteiger partial charge >= 0.3 is 11.9 Å². The van der Waals surface area contributed by atoms with Crippen LogP contribution in [0.4, 0.5) is 0 Å². The molecule has 0 saturated carbocycles. The molecule has 0 spiro atoms. The molecule has 126 valence electrons. The fourth-order valence-corrected chi connectivity index (χ4v) is 9.10. The van der Waals surface area contributed by atoms with Gasteiger partial charge < -0.3 is 9.47 Å². The first-order valence-corrected chi connectivity index (χ1v) is 11.4. The van der Waals surface area contributed by atoms with Gasteiger partial charge in [-0.2, -0.15) is 0 Å². The summed E-state index contributed by atoms with van der Waals surface area (Å²) in [6.07, 6.45) is 1.99. The van der Waals surface area contributed by atoms with Gasteiger partial charge in [-0.05, 0) is 36.3 Å². The van der Waals surface area contributed by atoms with Crippen LogP contribution in [0, 0.1) is 0 Å². The number of carbonyl (C=O) groups excluding carboxylic acids is 2. The summed E-state index contributed by atoms with van der Waals surface area (Å²) in [5.41, 5.74) is 1.47. The van der Waals surface area contributed by atoms with Crippen LogP contribution in [-0.2, 0) is 19.1 Å². The van der Waals surface area contributed by atoms with E-state index in [4.69, 9.17) is 9.47 Å². The molecule has 0 N–H and O–H groups in total. The quantitative estimate of drug-likeness (QED) is 0.434. The van der Waals surface area contributed by atoms with Crippen LogP contribution in [0.2, 0.25) is 0 Å². The normalized spacial score (nSPS) is 19.2. The Morgan fingerprint density at radius 1 is 1.00 bits per heavy atom. The molecule has 24 heavy (non-hydrogen) atoms. The average Bonchev–Trinajstić information content (AvgIpc) is 3.13. The van der Waals surface area contributed by atoms with E-state index >= 15 is 0 Å². The summed E-state index contributed by atoms with van der Waals surface area (Å²) in [5.74, 6) is -0.903. The molecule has 0 fully saturated rings. The van der Waals surface area contributed by atoms with Crippen LogP contribution >= 0.6 is 30.1 Å². The van der Waals surface area contributed by atoms with Gasteiger partial charge in [0.05, 0.1) is 18.8 Å². The molecular weight excluding hydrogens is 364 g/mol. The first-order valence-electron chi connectivity index (χ1n) is 7.49. The van der Waals surface area contributed by atoms with Gasteiger partial charge in [0.2, 0.25) is 0 Å². The second-order valence-electron chi connectivity index (χ2n) is 4.79. The zero-order valence-corrected chi connectivity index (χ0v) is 15.7. The maximum absolute atomic E-state index is 12.4. The van der Waals surface area contributed by atoms with Gasteiger partial charge in [-0.25, -0.2) is 9.59 Å². The zero-order valence-electron chi connectivity index (χ0n) is 13.2. The van der Waals surface area contributed by atoms with E-state index in [9.17, 15) is 9.59 Å². The second kappa shape index (κ2) is 7.63. The van der Waals surface area contributed by atoms with Crippen molar-refractivity contribution in [2.24, 2.45) is 0 Å². The van der Waals surface area contributed by atoms with Crippen LogP contribution in [0.25, 0.3) is 4.91 Å². The number of hydrogen-bond donors (Lipinski definition) is 0. The molecule has 1 atom stereocenters. The van der Waals surface area contributed by atoms with Gasteiger partial charge in [0.25, 0.3) is 0 Å². The minimum absolute atomic E-state index is 0.270. The molecule has 0 radical (unpaired) electrons. The van der Waals surface area contributed by atoms with Gasteiger partial charge in [0.1, 0.15) is 4.91 Å². The van der Waals surface area contributed by atoms with Crippen LogP contribution in [0.1, 0.15) is 19.4 Å². The molecule has 1 unspecified atom stereocenters. The predicted octanol–water partition coefficient (Wildman–Crippen LogP) is 4.17. The summed E-state index contributed by atoms with van der Waals surface area (Å²) in [6.45, 7) is 4.05. The maximum atomic E-state index is 12.4. The molecule has 1 aromatic rings. The molecule has 7 heteroatoms. The van der Waals surface area contributed by atoms with E-state index in [1.54, 1.807) is 24.6 Å². The van der Waals surface area contributed by atoms with E-state index < -0.39 is 11.9 Å². The Kier molecular flexibility index (Phi) is 5.53. The van der Waals surface area contributed by atoms with E-state index in [-0.39, 0.29) is 21.8 Å². The molecule has 0 aliphatic carbocycles. The van der Waals surface area contributed by atoms with Gasteiger partial charge in [0, 0.05) is 9.77 Å². The molecular formula is C17H16O4S3. The van der Waals surface area contributed by atoms with Gasteiger partial charge in [-0.3, -0.25) is 0 Å². The van der Waals surface area contributed by atoms with E-state index in [1.165, 1.54) is 10.8 Å². The van der Waals surface area contributed by atoms with Crippen molar-refractivity contribution in [1.29, 1.82) is 0 Å². The lowest BCUT2D eigenvalue weighted by Gasteiger charge is -2.08. The van der Waals surface area contributed by atoms with E-state index in [2.05, 4.69) is 0 Å². The summed E-state index contributed by atoms with van der Waals surface area (Å²) in [5, 5.41) is 0. The third-order valence-electron chi connectivity index (χ3n) is 3.24. The molecule has 1 aromatic carbocycles. The minimum atomic E-state index is -0.454. The highest BCUT2D eigenvalue weighted by atomic mass is 33.5. The van der Waals surface area contributed by atoms with Crippen molar-refractivity contribution in [3.63, 3.8) is 0 Å². The zero-order chi connectivity index (χ0) is 17.1. The second-order valence-corrected chi connectivity index (χ2v) is 10.5. The van der Waals surface area contributed by atoms with Gasteiger partial charge in [0.15, 0.2) is 0 Å². The topological polar surface area (TPSA) is 52.6 Å². The summed E-state index contributed by atoms with van der Waals surface area (Å²) >= 11 is 0.